The number of alkyl halides is 1. The molecule has 1 atom stereocenters. The normalized spacial score (nSPS) is 12.9. The van der Waals surface area contributed by atoms with Crippen LogP contribution in [0.5, 0.6) is 0 Å². The monoisotopic (exact) mass is 152 g/mol. The highest BCUT2D eigenvalue weighted by atomic mass is 19.1. The van der Waals surface area contributed by atoms with Crippen molar-refractivity contribution in [3.8, 4) is 0 Å². The van der Waals surface area contributed by atoms with Crippen molar-refractivity contribution in [2.24, 2.45) is 0 Å². The average Bonchev–Trinajstić information content (AvgIpc) is 2.03. The summed E-state index contributed by atoms with van der Waals surface area (Å²) in [7, 11) is 0. The van der Waals surface area contributed by atoms with Crippen molar-refractivity contribution in [3.05, 3.63) is 35.9 Å². The zero-order valence-electron chi connectivity index (χ0n) is 6.76. The highest BCUT2D eigenvalue weighted by molar-refractivity contribution is 5.14. The number of rotatable bonds is 3. The van der Waals surface area contributed by atoms with Crippen LogP contribution in [0.4, 0.5) is 4.39 Å². The van der Waals surface area contributed by atoms with E-state index in [-0.39, 0.29) is 0 Å². The molecule has 0 N–H and O–H groups in total. The van der Waals surface area contributed by atoms with Gasteiger partial charge in [0.05, 0.1) is 6.17 Å². The summed E-state index contributed by atoms with van der Waals surface area (Å²) in [5.41, 5.74) is 1.22. The molecule has 0 unspecified atom stereocenters. The largest absolute Gasteiger partial charge is 0.248 e. The second-order valence-electron chi connectivity index (χ2n) is 2.81. The molecule has 0 aliphatic rings. The Hall–Kier alpha value is -0.850. The van der Waals surface area contributed by atoms with E-state index in [1.807, 2.05) is 30.3 Å². The van der Waals surface area contributed by atoms with Gasteiger partial charge in [0, 0.05) is 0 Å². The van der Waals surface area contributed by atoms with E-state index in [9.17, 15) is 4.39 Å². The zero-order valence-corrected chi connectivity index (χ0v) is 6.76. The van der Waals surface area contributed by atoms with Crippen molar-refractivity contribution >= 4 is 0 Å². The van der Waals surface area contributed by atoms with Crippen LogP contribution in [-0.4, -0.2) is 6.17 Å². The molecule has 60 valence electrons. The Morgan fingerprint density at radius 2 is 1.91 bits per heavy atom. The summed E-state index contributed by atoms with van der Waals surface area (Å²) in [5.74, 6) is 0. The maximum Gasteiger partial charge on any atom is 0.0976 e. The van der Waals surface area contributed by atoms with Gasteiger partial charge in [-0.2, -0.15) is 0 Å². The molecule has 0 spiro atoms. The summed E-state index contributed by atoms with van der Waals surface area (Å²) in [6.45, 7) is 1.60. The fraction of sp³-hybridized carbons (Fsp3) is 0.400. The van der Waals surface area contributed by atoms with E-state index < -0.39 is 6.17 Å². The van der Waals surface area contributed by atoms with Gasteiger partial charge >= 0.3 is 0 Å². The van der Waals surface area contributed by atoms with Crippen LogP contribution in [0.3, 0.4) is 0 Å². The minimum Gasteiger partial charge on any atom is -0.248 e. The van der Waals surface area contributed by atoms with E-state index in [0.717, 1.165) is 6.42 Å². The average molecular weight is 152 g/mol. The van der Waals surface area contributed by atoms with Gasteiger partial charge in [-0.05, 0) is 25.3 Å². The molecule has 1 heteroatoms. The van der Waals surface area contributed by atoms with Crippen LogP contribution < -0.4 is 0 Å². The lowest BCUT2D eigenvalue weighted by atomic mass is 10.1. The van der Waals surface area contributed by atoms with Gasteiger partial charge in [-0.25, -0.2) is 4.39 Å². The van der Waals surface area contributed by atoms with Crippen LogP contribution in [0, 0.1) is 0 Å². The molecule has 1 rings (SSSR count). The summed E-state index contributed by atoms with van der Waals surface area (Å²) >= 11 is 0. The van der Waals surface area contributed by atoms with E-state index >= 15 is 0 Å². The van der Waals surface area contributed by atoms with Crippen LogP contribution in [-0.2, 0) is 6.42 Å². The lowest BCUT2D eigenvalue weighted by Gasteiger charge is -2.00. The number of aryl methyl sites for hydroxylation is 1. The van der Waals surface area contributed by atoms with Gasteiger partial charge in [0.2, 0.25) is 0 Å². The maximum absolute atomic E-state index is 12.4. The van der Waals surface area contributed by atoms with E-state index in [0.29, 0.717) is 6.42 Å². The highest BCUT2D eigenvalue weighted by Crippen LogP contribution is 2.05. The molecule has 0 saturated carbocycles. The number of hydrogen-bond donors (Lipinski definition) is 0. The molecule has 0 bridgehead atoms. The SMILES string of the molecule is C[C@@H](F)CCc1ccccc1. The van der Waals surface area contributed by atoms with Gasteiger partial charge in [0.15, 0.2) is 0 Å². The van der Waals surface area contributed by atoms with Crippen molar-refractivity contribution in [1.29, 1.82) is 0 Å². The third-order valence-corrected chi connectivity index (χ3v) is 1.67. The molecule has 0 aliphatic carbocycles. The Labute approximate surface area is 67.1 Å². The maximum atomic E-state index is 12.4. The van der Waals surface area contributed by atoms with Gasteiger partial charge in [0.25, 0.3) is 0 Å². The lowest BCUT2D eigenvalue weighted by Crippen LogP contribution is -1.95. The third-order valence-electron chi connectivity index (χ3n) is 1.67. The van der Waals surface area contributed by atoms with Crippen molar-refractivity contribution in [1.82, 2.24) is 0 Å². The molecule has 1 aromatic carbocycles. The standard InChI is InChI=1S/C10H13F/c1-9(11)7-8-10-5-3-2-4-6-10/h2-6,9H,7-8H2,1H3/t9-/m1/s1. The number of benzene rings is 1. The Bertz CT molecular complexity index is 191. The molecular weight excluding hydrogens is 139 g/mol. The quantitative estimate of drug-likeness (QED) is 0.624. The molecule has 11 heavy (non-hydrogen) atoms. The first kappa shape index (κ1) is 8.25. The van der Waals surface area contributed by atoms with E-state index in [1.165, 1.54) is 5.56 Å². The van der Waals surface area contributed by atoms with Gasteiger partial charge in [-0.3, -0.25) is 0 Å². The van der Waals surface area contributed by atoms with E-state index in [4.69, 9.17) is 0 Å². The van der Waals surface area contributed by atoms with Crippen molar-refractivity contribution in [3.63, 3.8) is 0 Å². The van der Waals surface area contributed by atoms with Crippen molar-refractivity contribution in [2.45, 2.75) is 25.9 Å². The molecular formula is C10H13F. The highest BCUT2D eigenvalue weighted by Gasteiger charge is 1.97. The Balaban J connectivity index is 2.39. The molecule has 0 aliphatic heterocycles. The summed E-state index contributed by atoms with van der Waals surface area (Å²) in [6.07, 6.45) is 0.790. The predicted molar refractivity (Wildman–Crippen MR) is 45.3 cm³/mol. The first-order valence-electron chi connectivity index (χ1n) is 3.97. The van der Waals surface area contributed by atoms with Gasteiger partial charge in [0.1, 0.15) is 0 Å². The van der Waals surface area contributed by atoms with Crippen LogP contribution in [0.1, 0.15) is 18.9 Å². The first-order valence-corrected chi connectivity index (χ1v) is 3.97. The van der Waals surface area contributed by atoms with Crippen molar-refractivity contribution < 1.29 is 4.39 Å². The zero-order chi connectivity index (χ0) is 8.10. The third kappa shape index (κ3) is 3.17. The van der Waals surface area contributed by atoms with E-state index in [2.05, 4.69) is 0 Å². The summed E-state index contributed by atoms with van der Waals surface area (Å²) in [4.78, 5) is 0. The molecule has 0 nitrogen and oxygen atoms in total. The van der Waals surface area contributed by atoms with Crippen LogP contribution >= 0.6 is 0 Å². The Kier molecular flexibility index (Phi) is 3.09. The summed E-state index contributed by atoms with van der Waals surface area (Å²) in [5, 5.41) is 0. The summed E-state index contributed by atoms with van der Waals surface area (Å²) < 4.78 is 12.4. The minimum atomic E-state index is -0.685. The fourth-order valence-electron chi connectivity index (χ4n) is 1.01. The minimum absolute atomic E-state index is 0.629. The molecule has 1 aromatic rings. The van der Waals surface area contributed by atoms with E-state index in [1.54, 1.807) is 6.92 Å². The molecule has 0 heterocycles. The molecule has 0 fully saturated rings. The van der Waals surface area contributed by atoms with Crippen LogP contribution in [0.15, 0.2) is 30.3 Å². The number of halogens is 1. The topological polar surface area (TPSA) is 0 Å². The molecule has 0 aromatic heterocycles. The fourth-order valence-corrected chi connectivity index (χ4v) is 1.01. The van der Waals surface area contributed by atoms with Crippen LogP contribution in [0.25, 0.3) is 0 Å². The van der Waals surface area contributed by atoms with Crippen LogP contribution in [0.2, 0.25) is 0 Å². The first-order chi connectivity index (χ1) is 5.29. The van der Waals surface area contributed by atoms with Crippen molar-refractivity contribution in [2.75, 3.05) is 0 Å². The molecule has 0 amide bonds. The Morgan fingerprint density at radius 3 is 2.45 bits per heavy atom. The Morgan fingerprint density at radius 1 is 1.27 bits per heavy atom. The summed E-state index contributed by atoms with van der Waals surface area (Å²) in [6, 6.07) is 10.0. The van der Waals surface area contributed by atoms with Gasteiger partial charge in [-0.15, -0.1) is 0 Å². The number of hydrogen-bond acceptors (Lipinski definition) is 0. The predicted octanol–water partition coefficient (Wildman–Crippen LogP) is 2.98. The lowest BCUT2D eigenvalue weighted by molar-refractivity contribution is 0.341. The second-order valence-corrected chi connectivity index (χ2v) is 2.81. The molecule has 0 saturated heterocycles. The van der Waals surface area contributed by atoms with Gasteiger partial charge < -0.3 is 0 Å². The smallest absolute Gasteiger partial charge is 0.0976 e. The second kappa shape index (κ2) is 4.12. The molecule has 0 radical (unpaired) electrons. The van der Waals surface area contributed by atoms with Gasteiger partial charge in [-0.1, -0.05) is 30.3 Å².